The van der Waals surface area contributed by atoms with Crippen LogP contribution in [0.15, 0.2) is 30.3 Å². The molecule has 0 radical (unpaired) electrons. The van der Waals surface area contributed by atoms with E-state index in [1.54, 1.807) is 37.5 Å². The molecule has 0 unspecified atom stereocenters. The lowest BCUT2D eigenvalue weighted by atomic mass is 10.1. The van der Waals surface area contributed by atoms with Gasteiger partial charge in [-0.05, 0) is 43.7 Å². The standard InChI is InChI=1S/C20H21Cl2NO4/c1-13-10-16(14(2)23(13)8-9-26-3)19(24)12-27-20(25)7-5-15-4-6-17(21)18(22)11-15/h4-7,10-11H,8-9,12H2,1-3H3/b7-5+. The molecule has 7 heteroatoms. The third kappa shape index (κ3) is 5.70. The number of ether oxygens (including phenoxy) is 2. The van der Waals surface area contributed by atoms with Crippen molar-refractivity contribution in [3.8, 4) is 0 Å². The maximum Gasteiger partial charge on any atom is 0.331 e. The summed E-state index contributed by atoms with van der Waals surface area (Å²) in [5.74, 6) is -0.856. The van der Waals surface area contributed by atoms with Crippen LogP contribution in [-0.4, -0.2) is 36.6 Å². The van der Waals surface area contributed by atoms with Gasteiger partial charge in [0.2, 0.25) is 5.78 Å². The maximum absolute atomic E-state index is 12.4. The average Bonchev–Trinajstić information content (AvgIpc) is 2.93. The summed E-state index contributed by atoms with van der Waals surface area (Å²) in [4.78, 5) is 24.2. The number of hydrogen-bond donors (Lipinski definition) is 0. The lowest BCUT2D eigenvalue weighted by Gasteiger charge is -2.08. The number of esters is 1. The summed E-state index contributed by atoms with van der Waals surface area (Å²) in [5, 5.41) is 0.830. The zero-order chi connectivity index (χ0) is 20.0. The fraction of sp³-hybridized carbons (Fsp3) is 0.300. The molecule has 0 aliphatic heterocycles. The van der Waals surface area contributed by atoms with Gasteiger partial charge in [-0.25, -0.2) is 4.79 Å². The van der Waals surface area contributed by atoms with E-state index < -0.39 is 5.97 Å². The zero-order valence-corrected chi connectivity index (χ0v) is 16.9. The highest BCUT2D eigenvalue weighted by molar-refractivity contribution is 6.42. The molecule has 2 rings (SSSR count). The van der Waals surface area contributed by atoms with Gasteiger partial charge >= 0.3 is 5.97 Å². The molecule has 5 nitrogen and oxygen atoms in total. The number of hydrogen-bond acceptors (Lipinski definition) is 4. The highest BCUT2D eigenvalue weighted by atomic mass is 35.5. The number of aryl methyl sites for hydroxylation is 1. The summed E-state index contributed by atoms with van der Waals surface area (Å²) in [6.07, 6.45) is 2.79. The normalized spacial score (nSPS) is 11.1. The zero-order valence-electron chi connectivity index (χ0n) is 15.4. The predicted octanol–water partition coefficient (Wildman–Crippen LogP) is 4.50. The molecule has 0 saturated heterocycles. The molecule has 0 fully saturated rings. The van der Waals surface area contributed by atoms with Crippen LogP contribution in [0, 0.1) is 13.8 Å². The van der Waals surface area contributed by atoms with Gasteiger partial charge in [-0.15, -0.1) is 0 Å². The Balaban J connectivity index is 1.95. The lowest BCUT2D eigenvalue weighted by molar-refractivity contribution is -0.136. The van der Waals surface area contributed by atoms with Crippen molar-refractivity contribution in [3.05, 3.63) is 62.9 Å². The summed E-state index contributed by atoms with van der Waals surface area (Å²) in [5.41, 5.74) is 3.04. The van der Waals surface area contributed by atoms with E-state index in [1.165, 1.54) is 6.08 Å². The van der Waals surface area contributed by atoms with E-state index in [-0.39, 0.29) is 12.4 Å². The van der Waals surface area contributed by atoms with E-state index in [0.29, 0.717) is 34.3 Å². The van der Waals surface area contributed by atoms with E-state index in [9.17, 15) is 9.59 Å². The highest BCUT2D eigenvalue weighted by Gasteiger charge is 2.16. The molecular formula is C20H21Cl2NO4. The summed E-state index contributed by atoms with van der Waals surface area (Å²) >= 11 is 11.8. The number of rotatable bonds is 8. The van der Waals surface area contributed by atoms with Crippen molar-refractivity contribution >= 4 is 41.0 Å². The smallest absolute Gasteiger partial charge is 0.331 e. The molecule has 1 aromatic carbocycles. The highest BCUT2D eigenvalue weighted by Crippen LogP contribution is 2.23. The van der Waals surface area contributed by atoms with Crippen molar-refractivity contribution < 1.29 is 19.1 Å². The quantitative estimate of drug-likeness (QED) is 0.365. The molecule has 0 atom stereocenters. The molecule has 1 aromatic heterocycles. The Morgan fingerprint density at radius 2 is 1.89 bits per heavy atom. The van der Waals surface area contributed by atoms with Crippen LogP contribution in [0.5, 0.6) is 0 Å². The minimum Gasteiger partial charge on any atom is -0.454 e. The van der Waals surface area contributed by atoms with Gasteiger partial charge in [-0.2, -0.15) is 0 Å². The molecule has 1 heterocycles. The molecule has 0 saturated carbocycles. The van der Waals surface area contributed by atoms with E-state index in [4.69, 9.17) is 32.7 Å². The first-order chi connectivity index (χ1) is 12.8. The Morgan fingerprint density at radius 1 is 1.15 bits per heavy atom. The summed E-state index contributed by atoms with van der Waals surface area (Å²) in [6.45, 7) is 4.68. The number of aromatic nitrogens is 1. The summed E-state index contributed by atoms with van der Waals surface area (Å²) in [7, 11) is 1.63. The molecule has 0 amide bonds. The van der Waals surface area contributed by atoms with Crippen LogP contribution in [0.1, 0.15) is 27.3 Å². The fourth-order valence-corrected chi connectivity index (χ4v) is 2.96. The van der Waals surface area contributed by atoms with Gasteiger partial charge in [0.1, 0.15) is 0 Å². The molecule has 144 valence electrons. The number of benzene rings is 1. The Kier molecular flexibility index (Phi) is 7.66. The van der Waals surface area contributed by atoms with Crippen molar-refractivity contribution in [1.29, 1.82) is 0 Å². The molecule has 0 aliphatic rings. The van der Waals surface area contributed by atoms with Crippen LogP contribution in [0.4, 0.5) is 0 Å². The summed E-state index contributed by atoms with van der Waals surface area (Å²) in [6, 6.07) is 6.79. The minimum absolute atomic E-state index is 0.247. The number of carbonyl (C=O) groups excluding carboxylic acids is 2. The maximum atomic E-state index is 12.4. The molecule has 0 N–H and O–H groups in total. The Bertz CT molecular complexity index is 871. The average molecular weight is 410 g/mol. The number of Topliss-reactive ketones (excluding diaryl/α,β-unsaturated/α-hetero) is 1. The topological polar surface area (TPSA) is 57.5 Å². The Hall–Kier alpha value is -2.08. The van der Waals surface area contributed by atoms with Crippen molar-refractivity contribution in [1.82, 2.24) is 4.57 Å². The van der Waals surface area contributed by atoms with Crippen LogP contribution in [-0.2, 0) is 20.8 Å². The van der Waals surface area contributed by atoms with Gasteiger partial charge in [-0.1, -0.05) is 29.3 Å². The van der Waals surface area contributed by atoms with Gasteiger partial charge < -0.3 is 14.0 Å². The number of ketones is 1. The Morgan fingerprint density at radius 3 is 2.56 bits per heavy atom. The van der Waals surface area contributed by atoms with Crippen LogP contribution in [0.2, 0.25) is 10.0 Å². The minimum atomic E-state index is -0.609. The largest absolute Gasteiger partial charge is 0.454 e. The molecule has 0 aliphatic carbocycles. The van der Waals surface area contributed by atoms with E-state index >= 15 is 0 Å². The van der Waals surface area contributed by atoms with E-state index in [2.05, 4.69) is 0 Å². The number of methoxy groups -OCH3 is 1. The molecular weight excluding hydrogens is 389 g/mol. The second kappa shape index (κ2) is 9.74. The Labute approximate surface area is 168 Å². The van der Waals surface area contributed by atoms with Gasteiger partial charge in [-0.3, -0.25) is 4.79 Å². The summed E-state index contributed by atoms with van der Waals surface area (Å²) < 4.78 is 12.1. The van der Waals surface area contributed by atoms with Gasteiger partial charge in [0, 0.05) is 36.7 Å². The number of nitrogens with zero attached hydrogens (tertiary/aromatic N) is 1. The van der Waals surface area contributed by atoms with E-state index in [0.717, 1.165) is 11.4 Å². The fourth-order valence-electron chi connectivity index (χ4n) is 2.65. The predicted molar refractivity (Wildman–Crippen MR) is 107 cm³/mol. The van der Waals surface area contributed by atoms with Crippen LogP contribution >= 0.6 is 23.2 Å². The number of halogens is 2. The second-order valence-corrected chi connectivity index (χ2v) is 6.78. The monoisotopic (exact) mass is 409 g/mol. The third-order valence-electron chi connectivity index (χ3n) is 4.09. The molecule has 27 heavy (non-hydrogen) atoms. The van der Waals surface area contributed by atoms with Crippen LogP contribution in [0.3, 0.4) is 0 Å². The SMILES string of the molecule is COCCn1c(C)cc(C(=O)COC(=O)/C=C/c2ccc(Cl)c(Cl)c2)c1C. The third-order valence-corrected chi connectivity index (χ3v) is 4.83. The van der Waals surface area contributed by atoms with Gasteiger partial charge in [0.05, 0.1) is 16.7 Å². The van der Waals surface area contributed by atoms with Crippen LogP contribution < -0.4 is 0 Å². The first-order valence-corrected chi connectivity index (χ1v) is 9.07. The van der Waals surface area contributed by atoms with Gasteiger partial charge in [0.15, 0.2) is 6.61 Å². The van der Waals surface area contributed by atoms with Crippen LogP contribution in [0.25, 0.3) is 6.08 Å². The van der Waals surface area contributed by atoms with Crippen molar-refractivity contribution in [2.45, 2.75) is 20.4 Å². The molecule has 0 spiro atoms. The number of carbonyl (C=O) groups is 2. The van der Waals surface area contributed by atoms with Crippen molar-refractivity contribution in [3.63, 3.8) is 0 Å². The molecule has 0 bridgehead atoms. The second-order valence-electron chi connectivity index (χ2n) is 5.97. The van der Waals surface area contributed by atoms with E-state index in [1.807, 2.05) is 18.4 Å². The van der Waals surface area contributed by atoms with Crippen molar-refractivity contribution in [2.75, 3.05) is 20.3 Å². The molecule has 2 aromatic rings. The van der Waals surface area contributed by atoms with Gasteiger partial charge in [0.25, 0.3) is 0 Å². The first-order valence-electron chi connectivity index (χ1n) is 8.32. The lowest BCUT2D eigenvalue weighted by Crippen LogP contribution is -2.14. The first kappa shape index (κ1) is 21.2. The van der Waals surface area contributed by atoms with Crippen molar-refractivity contribution in [2.24, 2.45) is 0 Å².